The highest BCUT2D eigenvalue weighted by atomic mass is 79.9. The van der Waals surface area contributed by atoms with E-state index >= 15 is 0 Å². The zero-order valence-electron chi connectivity index (χ0n) is 14.1. The zero-order chi connectivity index (χ0) is 18.1. The number of nitrogens with one attached hydrogen (secondary N) is 2. The van der Waals surface area contributed by atoms with Gasteiger partial charge in [0.1, 0.15) is 5.69 Å². The van der Waals surface area contributed by atoms with E-state index in [1.54, 1.807) is 4.40 Å². The summed E-state index contributed by atoms with van der Waals surface area (Å²) in [5, 5.41) is 6.82. The van der Waals surface area contributed by atoms with Gasteiger partial charge in [0.2, 0.25) is 0 Å². The van der Waals surface area contributed by atoms with Crippen molar-refractivity contribution >= 4 is 33.3 Å². The summed E-state index contributed by atoms with van der Waals surface area (Å²) in [6.45, 7) is 1.92. The summed E-state index contributed by atoms with van der Waals surface area (Å²) < 4.78 is 2.68. The number of primary amides is 1. The van der Waals surface area contributed by atoms with E-state index in [-0.39, 0.29) is 6.04 Å². The van der Waals surface area contributed by atoms with Crippen molar-refractivity contribution in [1.29, 1.82) is 0 Å². The Balaban J connectivity index is 1.80. The molecular weight excluding hydrogens is 396 g/mol. The highest BCUT2D eigenvalue weighted by Gasteiger charge is 2.19. The molecule has 1 aromatic carbocycles. The quantitative estimate of drug-likeness (QED) is 0.608. The number of nitrogens with zero attached hydrogens (tertiary/aromatic N) is 3. The molecule has 1 aliphatic heterocycles. The lowest BCUT2D eigenvalue weighted by atomic mass is 10.1. The van der Waals surface area contributed by atoms with Crippen LogP contribution in [0.5, 0.6) is 0 Å². The van der Waals surface area contributed by atoms with E-state index in [1.807, 2.05) is 30.5 Å². The number of hydrogen-bond donors (Lipinski definition) is 3. The molecule has 0 unspecified atom stereocenters. The number of rotatable bonds is 4. The number of nitrogens with two attached hydrogens (primary N) is 1. The number of carbonyl (C=O) groups excluding carboxylic acids is 1. The lowest BCUT2D eigenvalue weighted by Gasteiger charge is -2.24. The average molecular weight is 415 g/mol. The van der Waals surface area contributed by atoms with Gasteiger partial charge in [0.25, 0.3) is 5.91 Å². The number of benzene rings is 1. The van der Waals surface area contributed by atoms with Gasteiger partial charge in [0, 0.05) is 28.8 Å². The van der Waals surface area contributed by atoms with Crippen LogP contribution in [0.2, 0.25) is 0 Å². The molecule has 0 saturated carbocycles. The van der Waals surface area contributed by atoms with Crippen LogP contribution in [0.1, 0.15) is 23.3 Å². The fraction of sp³-hybridized carbons (Fsp3) is 0.278. The minimum absolute atomic E-state index is 0.283. The minimum atomic E-state index is -0.536. The number of anilines is 1. The second-order valence-electron chi connectivity index (χ2n) is 6.37. The van der Waals surface area contributed by atoms with Gasteiger partial charge in [-0.2, -0.15) is 0 Å². The molecule has 1 saturated heterocycles. The Morgan fingerprint density at radius 1 is 1.42 bits per heavy atom. The third kappa shape index (κ3) is 3.30. The molecule has 1 atom stereocenters. The predicted octanol–water partition coefficient (Wildman–Crippen LogP) is 2.42. The average Bonchev–Trinajstić information content (AvgIpc) is 3.08. The molecule has 1 fully saturated rings. The molecule has 7 nitrogen and oxygen atoms in total. The summed E-state index contributed by atoms with van der Waals surface area (Å²) in [4.78, 5) is 20.9. The third-order valence-corrected chi connectivity index (χ3v) is 5.00. The SMILES string of the molecule is NC(=O)c1cnc(N[C@H]2CCCNC2)c2nc(-c3cccc(Br)c3)cn12. The molecule has 3 heterocycles. The highest BCUT2D eigenvalue weighted by Crippen LogP contribution is 2.26. The summed E-state index contributed by atoms with van der Waals surface area (Å²) in [7, 11) is 0. The molecule has 0 bridgehead atoms. The first-order chi connectivity index (χ1) is 12.6. The van der Waals surface area contributed by atoms with Crippen molar-refractivity contribution < 1.29 is 4.79 Å². The van der Waals surface area contributed by atoms with Crippen molar-refractivity contribution in [1.82, 2.24) is 19.7 Å². The Kier molecular flexibility index (Phi) is 4.60. The van der Waals surface area contributed by atoms with Gasteiger partial charge in [0.15, 0.2) is 11.5 Å². The fourth-order valence-corrected chi connectivity index (χ4v) is 3.62. The first kappa shape index (κ1) is 17.0. The number of carbonyl (C=O) groups is 1. The zero-order valence-corrected chi connectivity index (χ0v) is 15.7. The largest absolute Gasteiger partial charge is 0.364 e. The number of fused-ring (bicyclic) bond motifs is 1. The minimum Gasteiger partial charge on any atom is -0.364 e. The standard InChI is InChI=1S/C18H19BrN6O/c19-12-4-1-3-11(7-12)14-10-25-15(16(20)26)9-22-17(18(25)24-14)23-13-5-2-6-21-8-13/h1,3-4,7,9-10,13,21H,2,5-6,8H2,(H2,20,26)(H,22,23)/t13-/m0/s1. The van der Waals surface area contributed by atoms with Crippen LogP contribution in [-0.2, 0) is 0 Å². The van der Waals surface area contributed by atoms with Crippen molar-refractivity contribution in [3.05, 3.63) is 46.8 Å². The molecule has 4 N–H and O–H groups in total. The Morgan fingerprint density at radius 2 is 2.31 bits per heavy atom. The van der Waals surface area contributed by atoms with Crippen molar-refractivity contribution in [2.75, 3.05) is 18.4 Å². The van der Waals surface area contributed by atoms with E-state index in [1.165, 1.54) is 6.20 Å². The molecule has 134 valence electrons. The van der Waals surface area contributed by atoms with Crippen LogP contribution in [0.3, 0.4) is 0 Å². The Bertz CT molecular complexity index is 963. The number of halogens is 1. The number of amides is 1. The summed E-state index contributed by atoms with van der Waals surface area (Å²) in [5.74, 6) is 0.122. The number of aromatic nitrogens is 3. The van der Waals surface area contributed by atoms with Crippen LogP contribution in [0.4, 0.5) is 5.82 Å². The topological polar surface area (TPSA) is 97.3 Å². The monoisotopic (exact) mass is 414 g/mol. The van der Waals surface area contributed by atoms with Crippen molar-refractivity contribution in [3.8, 4) is 11.3 Å². The Labute approximate surface area is 159 Å². The molecule has 1 amide bonds. The maximum Gasteiger partial charge on any atom is 0.267 e. The maximum absolute atomic E-state index is 11.8. The van der Waals surface area contributed by atoms with Gasteiger partial charge in [-0.3, -0.25) is 9.20 Å². The van der Waals surface area contributed by atoms with Crippen LogP contribution >= 0.6 is 15.9 Å². The smallest absolute Gasteiger partial charge is 0.267 e. The van der Waals surface area contributed by atoms with Crippen molar-refractivity contribution in [2.45, 2.75) is 18.9 Å². The Morgan fingerprint density at radius 3 is 3.04 bits per heavy atom. The predicted molar refractivity (Wildman–Crippen MR) is 104 cm³/mol. The van der Waals surface area contributed by atoms with Crippen LogP contribution in [0.25, 0.3) is 16.9 Å². The summed E-state index contributed by atoms with van der Waals surface area (Å²) in [5.41, 5.74) is 8.13. The van der Waals surface area contributed by atoms with Crippen LogP contribution in [0, 0.1) is 0 Å². The van der Waals surface area contributed by atoms with Gasteiger partial charge >= 0.3 is 0 Å². The molecular formula is C18H19BrN6O. The molecule has 26 heavy (non-hydrogen) atoms. The maximum atomic E-state index is 11.8. The molecule has 4 rings (SSSR count). The number of hydrogen-bond acceptors (Lipinski definition) is 5. The van der Waals surface area contributed by atoms with E-state index < -0.39 is 5.91 Å². The number of piperidine rings is 1. The van der Waals surface area contributed by atoms with Gasteiger partial charge in [-0.05, 0) is 31.5 Å². The van der Waals surface area contributed by atoms with Crippen LogP contribution in [-0.4, -0.2) is 39.4 Å². The second-order valence-corrected chi connectivity index (χ2v) is 7.29. The molecule has 1 aliphatic rings. The van der Waals surface area contributed by atoms with E-state index in [9.17, 15) is 4.79 Å². The van der Waals surface area contributed by atoms with Crippen molar-refractivity contribution in [3.63, 3.8) is 0 Å². The van der Waals surface area contributed by atoms with Gasteiger partial charge in [-0.1, -0.05) is 28.1 Å². The number of imidazole rings is 1. The molecule has 0 aliphatic carbocycles. The first-order valence-corrected chi connectivity index (χ1v) is 9.32. The van der Waals surface area contributed by atoms with Gasteiger partial charge in [-0.25, -0.2) is 9.97 Å². The van der Waals surface area contributed by atoms with E-state index in [2.05, 4.69) is 31.5 Å². The summed E-state index contributed by atoms with van der Waals surface area (Å²) in [6.07, 6.45) is 5.51. The first-order valence-electron chi connectivity index (χ1n) is 8.53. The molecule has 0 radical (unpaired) electrons. The van der Waals surface area contributed by atoms with Gasteiger partial charge < -0.3 is 16.4 Å². The molecule has 2 aromatic heterocycles. The normalized spacial score (nSPS) is 17.3. The molecule has 0 spiro atoms. The van der Waals surface area contributed by atoms with E-state index in [0.29, 0.717) is 17.2 Å². The van der Waals surface area contributed by atoms with Gasteiger partial charge in [-0.15, -0.1) is 0 Å². The lowest BCUT2D eigenvalue weighted by molar-refractivity contribution is 0.0994. The summed E-state index contributed by atoms with van der Waals surface area (Å²) in [6, 6.07) is 8.15. The Hall–Kier alpha value is -2.45. The van der Waals surface area contributed by atoms with Crippen molar-refractivity contribution in [2.24, 2.45) is 5.73 Å². The van der Waals surface area contributed by atoms with Gasteiger partial charge in [0.05, 0.1) is 11.9 Å². The highest BCUT2D eigenvalue weighted by molar-refractivity contribution is 9.10. The van der Waals surface area contributed by atoms with E-state index in [0.717, 1.165) is 41.7 Å². The van der Waals surface area contributed by atoms with Crippen LogP contribution < -0.4 is 16.4 Å². The van der Waals surface area contributed by atoms with Crippen LogP contribution in [0.15, 0.2) is 41.1 Å². The molecule has 8 heteroatoms. The lowest BCUT2D eigenvalue weighted by Crippen LogP contribution is -2.38. The third-order valence-electron chi connectivity index (χ3n) is 4.50. The summed E-state index contributed by atoms with van der Waals surface area (Å²) >= 11 is 3.48. The second kappa shape index (κ2) is 7.05. The van der Waals surface area contributed by atoms with E-state index in [4.69, 9.17) is 10.7 Å². The fourth-order valence-electron chi connectivity index (χ4n) is 3.22. The molecule has 3 aromatic rings.